The monoisotopic (exact) mass is 394 g/mol. The molecule has 7 heteroatoms. The van der Waals surface area contributed by atoms with Gasteiger partial charge in [-0.2, -0.15) is 0 Å². The van der Waals surface area contributed by atoms with Crippen LogP contribution in [0.4, 0.5) is 10.1 Å². The normalized spacial score (nSPS) is 15.0. The number of halogens is 3. The van der Waals surface area contributed by atoms with Crippen LogP contribution in [0.15, 0.2) is 42.5 Å². The number of benzene rings is 2. The summed E-state index contributed by atoms with van der Waals surface area (Å²) in [5, 5.41) is 3.61. The topological polar surface area (TPSA) is 49.4 Å². The predicted molar refractivity (Wildman–Crippen MR) is 100 cm³/mol. The Morgan fingerprint density at radius 1 is 1.04 bits per heavy atom. The lowest BCUT2D eigenvalue weighted by molar-refractivity contribution is -0.121. The molecule has 1 aliphatic heterocycles. The lowest BCUT2D eigenvalue weighted by Crippen LogP contribution is -2.41. The fourth-order valence-electron chi connectivity index (χ4n) is 2.97. The van der Waals surface area contributed by atoms with E-state index in [9.17, 15) is 14.0 Å². The van der Waals surface area contributed by atoms with Crippen molar-refractivity contribution >= 4 is 40.7 Å². The predicted octanol–water partition coefficient (Wildman–Crippen LogP) is 4.62. The van der Waals surface area contributed by atoms with Crippen molar-refractivity contribution in [1.29, 1.82) is 0 Å². The van der Waals surface area contributed by atoms with Crippen molar-refractivity contribution in [1.82, 2.24) is 4.90 Å². The summed E-state index contributed by atoms with van der Waals surface area (Å²) in [5.41, 5.74) is 0.639. The van der Waals surface area contributed by atoms with Gasteiger partial charge in [0.25, 0.3) is 5.91 Å². The summed E-state index contributed by atoms with van der Waals surface area (Å²) in [6.07, 6.45) is 1.04. The molecule has 136 valence electrons. The smallest absolute Gasteiger partial charge is 0.256 e. The molecule has 0 bridgehead atoms. The molecule has 0 atom stereocenters. The van der Waals surface area contributed by atoms with E-state index in [4.69, 9.17) is 23.2 Å². The summed E-state index contributed by atoms with van der Waals surface area (Å²) in [7, 11) is 0. The molecule has 26 heavy (non-hydrogen) atoms. The van der Waals surface area contributed by atoms with Crippen LogP contribution in [0.5, 0.6) is 0 Å². The van der Waals surface area contributed by atoms with E-state index in [1.807, 2.05) is 0 Å². The van der Waals surface area contributed by atoms with Crippen LogP contribution < -0.4 is 5.32 Å². The molecular weight excluding hydrogens is 378 g/mol. The van der Waals surface area contributed by atoms with Crippen molar-refractivity contribution in [2.24, 2.45) is 5.92 Å². The minimum Gasteiger partial charge on any atom is -0.339 e. The van der Waals surface area contributed by atoms with Crippen molar-refractivity contribution < 1.29 is 14.0 Å². The molecule has 2 amide bonds. The van der Waals surface area contributed by atoms with Gasteiger partial charge in [-0.25, -0.2) is 4.39 Å². The second-order valence-corrected chi connectivity index (χ2v) is 6.98. The molecule has 4 nitrogen and oxygen atoms in total. The summed E-state index contributed by atoms with van der Waals surface area (Å²) < 4.78 is 13.8. The highest BCUT2D eigenvalue weighted by Crippen LogP contribution is 2.26. The van der Waals surface area contributed by atoms with E-state index in [1.165, 1.54) is 12.1 Å². The fourth-order valence-corrected chi connectivity index (χ4v) is 3.27. The molecule has 1 saturated heterocycles. The van der Waals surface area contributed by atoms with E-state index < -0.39 is 5.82 Å². The highest BCUT2D eigenvalue weighted by molar-refractivity contribution is 6.42. The summed E-state index contributed by atoms with van der Waals surface area (Å²) in [6, 6.07) is 10.8. The standard InChI is InChI=1S/C19H17Cl2FN2O2/c20-15-6-5-13(11-16(15)21)23-18(25)12-7-9-24(10-8-12)19(26)14-3-1-2-4-17(14)22/h1-6,11-12H,7-10H2,(H,23,25). The number of amides is 2. The number of rotatable bonds is 3. The third kappa shape index (κ3) is 4.17. The average Bonchev–Trinajstić information content (AvgIpc) is 2.65. The van der Waals surface area contributed by atoms with Crippen molar-refractivity contribution in [3.8, 4) is 0 Å². The molecule has 0 radical (unpaired) electrons. The molecule has 1 heterocycles. The van der Waals surface area contributed by atoms with Crippen LogP contribution in [0, 0.1) is 11.7 Å². The minimum absolute atomic E-state index is 0.0613. The van der Waals surface area contributed by atoms with Gasteiger partial charge in [-0.15, -0.1) is 0 Å². The Labute approximate surface area is 160 Å². The van der Waals surface area contributed by atoms with Crippen molar-refractivity contribution in [2.75, 3.05) is 18.4 Å². The van der Waals surface area contributed by atoms with Crippen molar-refractivity contribution in [2.45, 2.75) is 12.8 Å². The molecule has 0 spiro atoms. The lowest BCUT2D eigenvalue weighted by Gasteiger charge is -2.31. The molecule has 0 saturated carbocycles. The molecule has 1 N–H and O–H groups in total. The van der Waals surface area contributed by atoms with E-state index in [-0.39, 0.29) is 23.3 Å². The Balaban J connectivity index is 1.57. The van der Waals surface area contributed by atoms with Gasteiger partial charge in [-0.05, 0) is 43.2 Å². The summed E-state index contributed by atoms with van der Waals surface area (Å²) >= 11 is 11.8. The number of likely N-dealkylation sites (tertiary alicyclic amines) is 1. The Bertz CT molecular complexity index is 836. The van der Waals surface area contributed by atoms with Gasteiger partial charge < -0.3 is 10.2 Å². The van der Waals surface area contributed by atoms with Crippen molar-refractivity contribution in [3.05, 3.63) is 63.9 Å². The third-order valence-electron chi connectivity index (χ3n) is 4.44. The van der Waals surface area contributed by atoms with Gasteiger partial charge in [0.2, 0.25) is 5.91 Å². The van der Waals surface area contributed by atoms with E-state index in [2.05, 4.69) is 5.32 Å². The molecule has 3 rings (SSSR count). The van der Waals surface area contributed by atoms with E-state index in [1.54, 1.807) is 35.2 Å². The van der Waals surface area contributed by atoms with E-state index in [0.29, 0.717) is 41.7 Å². The lowest BCUT2D eigenvalue weighted by atomic mass is 9.95. The number of piperidine rings is 1. The first-order valence-electron chi connectivity index (χ1n) is 8.25. The second kappa shape index (κ2) is 8.06. The number of hydrogen-bond acceptors (Lipinski definition) is 2. The highest BCUT2D eigenvalue weighted by Gasteiger charge is 2.28. The zero-order chi connectivity index (χ0) is 18.7. The number of nitrogens with zero attached hydrogens (tertiary/aromatic N) is 1. The maximum atomic E-state index is 13.8. The quantitative estimate of drug-likeness (QED) is 0.825. The van der Waals surface area contributed by atoms with Gasteiger partial charge >= 0.3 is 0 Å². The second-order valence-electron chi connectivity index (χ2n) is 6.16. The third-order valence-corrected chi connectivity index (χ3v) is 5.18. The fraction of sp³-hybridized carbons (Fsp3) is 0.263. The maximum Gasteiger partial charge on any atom is 0.256 e. The number of hydrogen-bond donors (Lipinski definition) is 1. The van der Waals surface area contributed by atoms with Gasteiger partial charge in [0.1, 0.15) is 5.82 Å². The molecule has 0 aliphatic carbocycles. The van der Waals surface area contributed by atoms with E-state index in [0.717, 1.165) is 0 Å². The van der Waals surface area contributed by atoms with Crippen LogP contribution in [0.2, 0.25) is 10.0 Å². The number of carbonyl (C=O) groups excluding carboxylic acids is 2. The first-order chi connectivity index (χ1) is 12.5. The van der Waals surface area contributed by atoms with Crippen LogP contribution in [-0.4, -0.2) is 29.8 Å². The van der Waals surface area contributed by atoms with Gasteiger partial charge in [0.05, 0.1) is 15.6 Å². The first-order valence-corrected chi connectivity index (χ1v) is 9.01. The number of nitrogens with one attached hydrogen (secondary N) is 1. The highest BCUT2D eigenvalue weighted by atomic mass is 35.5. The van der Waals surface area contributed by atoms with Gasteiger partial charge in [-0.1, -0.05) is 35.3 Å². The maximum absolute atomic E-state index is 13.8. The van der Waals surface area contributed by atoms with Gasteiger partial charge in [0.15, 0.2) is 0 Å². The van der Waals surface area contributed by atoms with Gasteiger partial charge in [-0.3, -0.25) is 9.59 Å². The minimum atomic E-state index is -0.531. The molecule has 2 aromatic rings. The zero-order valence-corrected chi connectivity index (χ0v) is 15.4. The van der Waals surface area contributed by atoms with Crippen LogP contribution >= 0.6 is 23.2 Å². The largest absolute Gasteiger partial charge is 0.339 e. The molecule has 1 fully saturated rings. The van der Waals surface area contributed by atoms with Crippen LogP contribution in [-0.2, 0) is 4.79 Å². The average molecular weight is 395 g/mol. The summed E-state index contributed by atoms with van der Waals surface area (Å²) in [6.45, 7) is 0.819. The summed E-state index contributed by atoms with van der Waals surface area (Å²) in [4.78, 5) is 26.4. The van der Waals surface area contributed by atoms with Crippen LogP contribution in [0.3, 0.4) is 0 Å². The number of carbonyl (C=O) groups is 2. The van der Waals surface area contributed by atoms with Crippen LogP contribution in [0.1, 0.15) is 23.2 Å². The van der Waals surface area contributed by atoms with E-state index >= 15 is 0 Å². The number of anilines is 1. The SMILES string of the molecule is O=C(Nc1ccc(Cl)c(Cl)c1)C1CCN(C(=O)c2ccccc2F)CC1. The Morgan fingerprint density at radius 2 is 1.73 bits per heavy atom. The Hall–Kier alpha value is -2.11. The van der Waals surface area contributed by atoms with Crippen LogP contribution in [0.25, 0.3) is 0 Å². The zero-order valence-electron chi connectivity index (χ0n) is 13.8. The van der Waals surface area contributed by atoms with Crippen molar-refractivity contribution in [3.63, 3.8) is 0 Å². The van der Waals surface area contributed by atoms with Gasteiger partial charge in [0, 0.05) is 24.7 Å². The molecule has 0 aromatic heterocycles. The molecule has 2 aromatic carbocycles. The first kappa shape index (κ1) is 18.7. The molecule has 1 aliphatic rings. The molecule has 0 unspecified atom stereocenters. The Morgan fingerprint density at radius 3 is 2.38 bits per heavy atom. The summed E-state index contributed by atoms with van der Waals surface area (Å²) in [5.74, 6) is -1.21. The molecular formula is C19H17Cl2FN2O2. The Kier molecular flexibility index (Phi) is 5.79.